The molecule has 1 atom stereocenters. The van der Waals surface area contributed by atoms with Crippen LogP contribution in [-0.2, 0) is 4.74 Å². The van der Waals surface area contributed by atoms with Crippen molar-refractivity contribution in [2.75, 3.05) is 6.54 Å². The minimum absolute atomic E-state index is 0.00878. The van der Waals surface area contributed by atoms with Crippen LogP contribution in [0.25, 0.3) is 10.9 Å². The maximum atomic E-state index is 13.8. The first kappa shape index (κ1) is 16.3. The number of fused-ring (bicyclic) bond motifs is 1. The first-order chi connectivity index (χ1) is 10.2. The van der Waals surface area contributed by atoms with Crippen molar-refractivity contribution >= 4 is 17.0 Å². The Labute approximate surface area is 130 Å². The molecule has 0 aliphatic heterocycles. The summed E-state index contributed by atoms with van der Waals surface area (Å²) in [5, 5.41) is 3.74. The van der Waals surface area contributed by atoms with E-state index < -0.39 is 11.7 Å². The first-order valence-electron chi connectivity index (χ1n) is 7.41. The van der Waals surface area contributed by atoms with E-state index in [9.17, 15) is 9.18 Å². The van der Waals surface area contributed by atoms with Gasteiger partial charge in [-0.3, -0.25) is 0 Å². The van der Waals surface area contributed by atoms with Crippen LogP contribution in [-0.4, -0.2) is 22.8 Å². The van der Waals surface area contributed by atoms with Crippen LogP contribution in [0.2, 0.25) is 0 Å². The monoisotopic (exact) mass is 306 g/mol. The molecule has 1 amide bonds. The van der Waals surface area contributed by atoms with E-state index in [0.717, 1.165) is 10.9 Å². The molecule has 1 N–H and O–H groups in total. The lowest BCUT2D eigenvalue weighted by molar-refractivity contribution is 0.0521. The topological polar surface area (TPSA) is 43.3 Å². The third kappa shape index (κ3) is 3.59. The SMILES string of the molecule is Cc1c(F)ccc2ccn([C@H](C)CNC(=O)OC(C)(C)C)c12. The highest BCUT2D eigenvalue weighted by Gasteiger charge is 2.17. The van der Waals surface area contributed by atoms with Gasteiger partial charge in [0.05, 0.1) is 5.52 Å². The highest BCUT2D eigenvalue weighted by Crippen LogP contribution is 2.25. The maximum Gasteiger partial charge on any atom is 0.407 e. The molecule has 1 heterocycles. The number of nitrogens with one attached hydrogen (secondary N) is 1. The van der Waals surface area contributed by atoms with Crippen LogP contribution in [0.3, 0.4) is 0 Å². The quantitative estimate of drug-likeness (QED) is 0.924. The van der Waals surface area contributed by atoms with Gasteiger partial charge >= 0.3 is 6.09 Å². The van der Waals surface area contributed by atoms with E-state index in [2.05, 4.69) is 5.32 Å². The fourth-order valence-electron chi connectivity index (χ4n) is 2.42. The van der Waals surface area contributed by atoms with E-state index in [4.69, 9.17) is 4.74 Å². The Balaban J connectivity index is 2.12. The van der Waals surface area contributed by atoms with Gasteiger partial charge in [-0.2, -0.15) is 0 Å². The van der Waals surface area contributed by atoms with Gasteiger partial charge in [-0.15, -0.1) is 0 Å². The molecule has 2 rings (SSSR count). The lowest BCUT2D eigenvalue weighted by Crippen LogP contribution is -2.35. The van der Waals surface area contributed by atoms with Gasteiger partial charge in [0.2, 0.25) is 0 Å². The van der Waals surface area contributed by atoms with Crippen molar-refractivity contribution in [2.45, 2.75) is 46.3 Å². The molecule has 0 saturated heterocycles. The number of amides is 1. The molecular weight excluding hydrogens is 283 g/mol. The van der Waals surface area contributed by atoms with Crippen LogP contribution in [0.1, 0.15) is 39.3 Å². The van der Waals surface area contributed by atoms with Gasteiger partial charge in [0, 0.05) is 29.7 Å². The Morgan fingerprint density at radius 3 is 2.68 bits per heavy atom. The second-order valence-electron chi connectivity index (χ2n) is 6.57. The van der Waals surface area contributed by atoms with E-state index in [1.54, 1.807) is 13.0 Å². The predicted octanol–water partition coefficient (Wildman–Crippen LogP) is 4.17. The van der Waals surface area contributed by atoms with Crippen molar-refractivity contribution < 1.29 is 13.9 Å². The zero-order valence-corrected chi connectivity index (χ0v) is 13.7. The van der Waals surface area contributed by atoms with Crippen LogP contribution < -0.4 is 5.32 Å². The second-order valence-corrected chi connectivity index (χ2v) is 6.57. The normalized spacial score (nSPS) is 13.2. The van der Waals surface area contributed by atoms with E-state index in [-0.39, 0.29) is 11.9 Å². The Hall–Kier alpha value is -2.04. The van der Waals surface area contributed by atoms with Gasteiger partial charge in [-0.25, -0.2) is 9.18 Å². The molecule has 120 valence electrons. The van der Waals surface area contributed by atoms with Crippen LogP contribution in [0, 0.1) is 12.7 Å². The summed E-state index contributed by atoms with van der Waals surface area (Å²) in [7, 11) is 0. The lowest BCUT2D eigenvalue weighted by Gasteiger charge is -2.22. The lowest BCUT2D eigenvalue weighted by atomic mass is 10.1. The highest BCUT2D eigenvalue weighted by molar-refractivity contribution is 5.83. The van der Waals surface area contributed by atoms with Crippen LogP contribution >= 0.6 is 0 Å². The average Bonchev–Trinajstić information content (AvgIpc) is 2.83. The molecule has 0 fully saturated rings. The standard InChI is InChI=1S/C17H23FN2O2/c1-11(10-19-16(21)22-17(3,4)5)20-9-8-13-6-7-14(18)12(2)15(13)20/h6-9,11H,10H2,1-5H3,(H,19,21)/t11-/m1/s1. The minimum atomic E-state index is -0.521. The smallest absolute Gasteiger partial charge is 0.407 e. The summed E-state index contributed by atoms with van der Waals surface area (Å²) in [5.74, 6) is -0.222. The Morgan fingerprint density at radius 2 is 2.05 bits per heavy atom. The number of rotatable bonds is 3. The van der Waals surface area contributed by atoms with E-state index >= 15 is 0 Å². The number of aromatic nitrogens is 1. The molecule has 0 unspecified atom stereocenters. The maximum absolute atomic E-state index is 13.8. The fourth-order valence-corrected chi connectivity index (χ4v) is 2.42. The Bertz CT molecular complexity index is 686. The molecule has 4 nitrogen and oxygen atoms in total. The Kier molecular flexibility index (Phi) is 4.44. The third-order valence-electron chi connectivity index (χ3n) is 3.48. The van der Waals surface area contributed by atoms with Gasteiger partial charge in [0.15, 0.2) is 0 Å². The number of alkyl carbamates (subject to hydrolysis) is 1. The van der Waals surface area contributed by atoms with Crippen LogP contribution in [0.4, 0.5) is 9.18 Å². The van der Waals surface area contributed by atoms with Crippen molar-refractivity contribution in [2.24, 2.45) is 0 Å². The minimum Gasteiger partial charge on any atom is -0.444 e. The zero-order chi connectivity index (χ0) is 16.5. The number of carbonyl (C=O) groups is 1. The number of hydrogen-bond donors (Lipinski definition) is 1. The summed E-state index contributed by atoms with van der Waals surface area (Å²) < 4.78 is 21.0. The molecule has 0 aliphatic carbocycles. The number of benzene rings is 1. The van der Waals surface area contributed by atoms with Gasteiger partial charge in [-0.1, -0.05) is 0 Å². The molecule has 2 aromatic rings. The predicted molar refractivity (Wildman–Crippen MR) is 85.6 cm³/mol. The number of halogens is 1. The molecule has 5 heteroatoms. The Morgan fingerprint density at radius 1 is 1.36 bits per heavy atom. The number of nitrogens with zero attached hydrogens (tertiary/aromatic N) is 1. The van der Waals surface area contributed by atoms with Gasteiger partial charge in [0.1, 0.15) is 11.4 Å². The van der Waals surface area contributed by atoms with Gasteiger partial charge in [0.25, 0.3) is 0 Å². The molecule has 0 aliphatic rings. The van der Waals surface area contributed by atoms with Crippen LogP contribution in [0.15, 0.2) is 24.4 Å². The number of ether oxygens (including phenoxy) is 1. The summed E-state index contributed by atoms with van der Waals surface area (Å²) in [5.41, 5.74) is 0.956. The average molecular weight is 306 g/mol. The molecule has 0 saturated carbocycles. The molecule has 1 aromatic carbocycles. The molecule has 22 heavy (non-hydrogen) atoms. The van der Waals surface area contributed by atoms with Crippen molar-refractivity contribution in [1.29, 1.82) is 0 Å². The van der Waals surface area contributed by atoms with Gasteiger partial charge < -0.3 is 14.6 Å². The highest BCUT2D eigenvalue weighted by atomic mass is 19.1. The summed E-state index contributed by atoms with van der Waals surface area (Å²) in [4.78, 5) is 11.7. The van der Waals surface area contributed by atoms with Crippen molar-refractivity contribution in [3.05, 3.63) is 35.8 Å². The van der Waals surface area contributed by atoms with Crippen molar-refractivity contribution in [1.82, 2.24) is 9.88 Å². The fraction of sp³-hybridized carbons (Fsp3) is 0.471. The van der Waals surface area contributed by atoms with E-state index in [1.165, 1.54) is 6.07 Å². The molecule has 1 aromatic heterocycles. The van der Waals surface area contributed by atoms with E-state index in [1.807, 2.05) is 44.5 Å². The number of hydrogen-bond acceptors (Lipinski definition) is 2. The summed E-state index contributed by atoms with van der Waals surface area (Å²) in [6.45, 7) is 9.61. The summed E-state index contributed by atoms with van der Waals surface area (Å²) in [6.07, 6.45) is 1.47. The van der Waals surface area contributed by atoms with Gasteiger partial charge in [-0.05, 0) is 52.8 Å². The summed E-state index contributed by atoms with van der Waals surface area (Å²) in [6, 6.07) is 5.19. The molecule has 0 radical (unpaired) electrons. The zero-order valence-electron chi connectivity index (χ0n) is 13.7. The largest absolute Gasteiger partial charge is 0.444 e. The van der Waals surface area contributed by atoms with E-state index in [0.29, 0.717) is 12.1 Å². The molecule has 0 spiro atoms. The first-order valence-corrected chi connectivity index (χ1v) is 7.41. The van der Waals surface area contributed by atoms with Crippen molar-refractivity contribution in [3.8, 4) is 0 Å². The summed E-state index contributed by atoms with van der Waals surface area (Å²) >= 11 is 0. The molecular formula is C17H23FN2O2. The third-order valence-corrected chi connectivity index (χ3v) is 3.48. The van der Waals surface area contributed by atoms with Crippen LogP contribution in [0.5, 0.6) is 0 Å². The number of aryl methyl sites for hydroxylation is 1. The second kappa shape index (κ2) is 5.99. The van der Waals surface area contributed by atoms with Crippen molar-refractivity contribution in [3.63, 3.8) is 0 Å². The number of carbonyl (C=O) groups excluding carboxylic acids is 1. The molecule has 0 bridgehead atoms.